The van der Waals surface area contributed by atoms with Crippen molar-refractivity contribution in [1.82, 2.24) is 0 Å². The van der Waals surface area contributed by atoms with Crippen LogP contribution in [-0.4, -0.2) is 32.5 Å². The van der Waals surface area contributed by atoms with E-state index in [0.29, 0.717) is 11.3 Å². The van der Waals surface area contributed by atoms with Crippen molar-refractivity contribution in [3.05, 3.63) is 64.7 Å². The third kappa shape index (κ3) is 5.19. The lowest BCUT2D eigenvalue weighted by Crippen LogP contribution is -2.25. The van der Waals surface area contributed by atoms with Gasteiger partial charge < -0.3 is 4.74 Å². The molecule has 7 heteroatoms. The molecule has 1 N–H and O–H groups in total. The van der Waals surface area contributed by atoms with Gasteiger partial charge in [0.05, 0.1) is 12.7 Å². The van der Waals surface area contributed by atoms with Crippen molar-refractivity contribution in [2.75, 3.05) is 11.0 Å². The van der Waals surface area contributed by atoms with Gasteiger partial charge in [-0.05, 0) is 67.1 Å². The molecule has 1 atom stereocenters. The number of Topliss-reactive ketones (excluding diaryl/α,β-unsaturated/α-hetero) is 1. The maximum atomic E-state index is 12.5. The fourth-order valence-electron chi connectivity index (χ4n) is 3.35. The van der Waals surface area contributed by atoms with Crippen LogP contribution in [0, 0.1) is 0 Å². The Labute approximate surface area is 165 Å². The van der Waals surface area contributed by atoms with Crippen molar-refractivity contribution in [3.63, 3.8) is 0 Å². The largest absolute Gasteiger partial charge is 0.454 e. The normalized spacial score (nSPS) is 14.2. The highest BCUT2D eigenvalue weighted by atomic mass is 32.2. The Balaban J connectivity index is 1.58. The number of hydrogen-bond donors (Lipinski definition) is 1. The molecule has 1 aliphatic rings. The first-order valence-electron chi connectivity index (χ1n) is 9.13. The molecular formula is C21H23NO5S. The minimum Gasteiger partial charge on any atom is -0.454 e. The summed E-state index contributed by atoms with van der Waals surface area (Å²) in [6.07, 6.45) is 3.53. The molecule has 0 unspecified atom stereocenters. The topological polar surface area (TPSA) is 89.5 Å². The number of ether oxygens (including phenoxy) is 1. The van der Waals surface area contributed by atoms with Crippen LogP contribution in [0.4, 0.5) is 5.69 Å². The van der Waals surface area contributed by atoms with Crippen molar-refractivity contribution in [2.24, 2.45) is 0 Å². The Morgan fingerprint density at radius 1 is 1.07 bits per heavy atom. The number of aryl methyl sites for hydroxylation is 2. The fraction of sp³-hybridized carbons (Fsp3) is 0.333. The number of fused-ring (bicyclic) bond motifs is 1. The zero-order valence-electron chi connectivity index (χ0n) is 15.9. The second-order valence-corrected chi connectivity index (χ2v) is 8.83. The third-order valence-electron chi connectivity index (χ3n) is 4.66. The van der Waals surface area contributed by atoms with Crippen LogP contribution in [0.15, 0.2) is 42.5 Å². The molecule has 0 bridgehead atoms. The molecule has 0 spiro atoms. The molecule has 28 heavy (non-hydrogen) atoms. The number of anilines is 1. The summed E-state index contributed by atoms with van der Waals surface area (Å²) >= 11 is 0. The summed E-state index contributed by atoms with van der Waals surface area (Å²) in [6, 6.07) is 12.0. The molecule has 0 saturated heterocycles. The van der Waals surface area contributed by atoms with Crippen molar-refractivity contribution in [3.8, 4) is 0 Å². The van der Waals surface area contributed by atoms with E-state index in [4.69, 9.17) is 4.74 Å². The molecule has 0 saturated carbocycles. The first-order chi connectivity index (χ1) is 13.2. The highest BCUT2D eigenvalue weighted by molar-refractivity contribution is 7.92. The van der Waals surface area contributed by atoms with E-state index in [1.54, 1.807) is 0 Å². The van der Waals surface area contributed by atoms with Gasteiger partial charge in [-0.2, -0.15) is 0 Å². The molecule has 148 valence electrons. The second-order valence-electron chi connectivity index (χ2n) is 7.08. The number of sulfonamides is 1. The fourth-order valence-corrected chi connectivity index (χ4v) is 3.91. The van der Waals surface area contributed by atoms with Crippen LogP contribution in [0.25, 0.3) is 0 Å². The van der Waals surface area contributed by atoms with Crippen molar-refractivity contribution >= 4 is 27.5 Å². The molecule has 2 aromatic rings. The van der Waals surface area contributed by atoms with Crippen LogP contribution in [0.3, 0.4) is 0 Å². The second kappa shape index (κ2) is 8.14. The van der Waals surface area contributed by atoms with E-state index in [-0.39, 0.29) is 12.2 Å². The molecular weight excluding hydrogens is 378 g/mol. The zero-order chi connectivity index (χ0) is 20.3. The number of carbonyl (C=O) groups is 2. The summed E-state index contributed by atoms with van der Waals surface area (Å²) < 4.78 is 30.1. The Kier molecular flexibility index (Phi) is 5.84. The first-order valence-corrected chi connectivity index (χ1v) is 11.0. The van der Waals surface area contributed by atoms with Crippen LogP contribution in [0.5, 0.6) is 0 Å². The van der Waals surface area contributed by atoms with Gasteiger partial charge in [0.25, 0.3) is 0 Å². The van der Waals surface area contributed by atoms with E-state index < -0.39 is 22.1 Å². The van der Waals surface area contributed by atoms with Gasteiger partial charge in [-0.15, -0.1) is 0 Å². The summed E-state index contributed by atoms with van der Waals surface area (Å²) in [6.45, 7) is 1.53. The average Bonchev–Trinajstić information content (AvgIpc) is 3.08. The van der Waals surface area contributed by atoms with Gasteiger partial charge in [0.2, 0.25) is 15.8 Å². The monoisotopic (exact) mass is 401 g/mol. The van der Waals surface area contributed by atoms with E-state index in [0.717, 1.165) is 31.1 Å². The Morgan fingerprint density at radius 2 is 1.75 bits per heavy atom. The molecule has 0 heterocycles. The molecule has 3 rings (SSSR count). The van der Waals surface area contributed by atoms with Crippen LogP contribution in [0.1, 0.15) is 40.4 Å². The van der Waals surface area contributed by atoms with Crippen molar-refractivity contribution in [1.29, 1.82) is 0 Å². The van der Waals surface area contributed by atoms with E-state index in [1.807, 2.05) is 12.1 Å². The minimum atomic E-state index is -3.38. The van der Waals surface area contributed by atoms with Crippen LogP contribution >= 0.6 is 0 Å². The molecule has 0 amide bonds. The van der Waals surface area contributed by atoms with E-state index in [2.05, 4.69) is 10.8 Å². The Morgan fingerprint density at radius 3 is 2.43 bits per heavy atom. The number of carbonyl (C=O) groups excluding carboxylic acids is 2. The predicted molar refractivity (Wildman–Crippen MR) is 107 cm³/mol. The lowest BCUT2D eigenvalue weighted by atomic mass is 10.0. The SMILES string of the molecule is C[C@@H](OC(=O)Cc1ccc2c(c1)CCC2)C(=O)c1ccc(NS(C)(=O)=O)cc1. The van der Waals surface area contributed by atoms with Gasteiger partial charge in [0.15, 0.2) is 6.10 Å². The van der Waals surface area contributed by atoms with Gasteiger partial charge in [0.1, 0.15) is 0 Å². The van der Waals surface area contributed by atoms with Gasteiger partial charge in [-0.25, -0.2) is 8.42 Å². The Bertz CT molecular complexity index is 996. The highest BCUT2D eigenvalue weighted by Gasteiger charge is 2.20. The van der Waals surface area contributed by atoms with Crippen LogP contribution in [-0.2, 0) is 38.8 Å². The molecule has 0 fully saturated rings. The molecule has 0 aliphatic heterocycles. The highest BCUT2D eigenvalue weighted by Crippen LogP contribution is 2.23. The van der Waals surface area contributed by atoms with Crippen LogP contribution < -0.4 is 4.72 Å². The number of hydrogen-bond acceptors (Lipinski definition) is 5. The van der Waals surface area contributed by atoms with E-state index in [1.165, 1.54) is 42.3 Å². The molecule has 2 aromatic carbocycles. The molecule has 0 aromatic heterocycles. The lowest BCUT2D eigenvalue weighted by molar-refractivity contribution is -0.145. The number of nitrogens with one attached hydrogen (secondary N) is 1. The van der Waals surface area contributed by atoms with Gasteiger partial charge in [0, 0.05) is 11.3 Å². The smallest absolute Gasteiger partial charge is 0.310 e. The number of benzene rings is 2. The van der Waals surface area contributed by atoms with Gasteiger partial charge in [-0.1, -0.05) is 18.2 Å². The first kappa shape index (κ1) is 20.1. The van der Waals surface area contributed by atoms with Crippen LogP contribution in [0.2, 0.25) is 0 Å². The quantitative estimate of drug-likeness (QED) is 0.569. The summed E-state index contributed by atoms with van der Waals surface area (Å²) in [5.74, 6) is -0.789. The van der Waals surface area contributed by atoms with E-state index >= 15 is 0 Å². The molecule has 6 nitrogen and oxygen atoms in total. The Hall–Kier alpha value is -2.67. The third-order valence-corrected chi connectivity index (χ3v) is 5.27. The van der Waals surface area contributed by atoms with Gasteiger partial charge in [-0.3, -0.25) is 14.3 Å². The lowest BCUT2D eigenvalue weighted by Gasteiger charge is -2.13. The standard InChI is InChI=1S/C21H23NO5S/c1-14(21(24)17-8-10-19(11-9-17)22-28(2,25)26)27-20(23)13-15-6-7-16-4-3-5-18(16)12-15/h6-12,14,22H,3-5,13H2,1-2H3/t14-/m1/s1. The van der Waals surface area contributed by atoms with E-state index in [9.17, 15) is 18.0 Å². The molecule has 0 radical (unpaired) electrons. The number of rotatable bonds is 7. The maximum absolute atomic E-state index is 12.5. The summed E-state index contributed by atoms with van der Waals surface area (Å²) in [5.41, 5.74) is 4.23. The van der Waals surface area contributed by atoms with Crippen molar-refractivity contribution < 1.29 is 22.7 Å². The van der Waals surface area contributed by atoms with Crippen molar-refractivity contribution in [2.45, 2.75) is 38.7 Å². The zero-order valence-corrected chi connectivity index (χ0v) is 16.7. The summed E-state index contributed by atoms with van der Waals surface area (Å²) in [7, 11) is -3.38. The van der Waals surface area contributed by atoms with Gasteiger partial charge >= 0.3 is 5.97 Å². The molecule has 1 aliphatic carbocycles. The average molecular weight is 401 g/mol. The predicted octanol–water partition coefficient (Wildman–Crippen LogP) is 2.90. The number of ketones is 1. The summed E-state index contributed by atoms with van der Waals surface area (Å²) in [5, 5.41) is 0. The minimum absolute atomic E-state index is 0.127. The number of esters is 1. The maximum Gasteiger partial charge on any atom is 0.310 e. The summed E-state index contributed by atoms with van der Waals surface area (Å²) in [4.78, 5) is 24.7.